The van der Waals surface area contributed by atoms with Crippen molar-refractivity contribution in [3.63, 3.8) is 0 Å². The van der Waals surface area contributed by atoms with E-state index in [0.717, 1.165) is 24.8 Å². The second-order valence-corrected chi connectivity index (χ2v) is 8.63. The second-order valence-electron chi connectivity index (χ2n) is 8.63. The van der Waals surface area contributed by atoms with Gasteiger partial charge in [-0.1, -0.05) is 50.1 Å². The van der Waals surface area contributed by atoms with Crippen LogP contribution in [0.1, 0.15) is 48.9 Å². The summed E-state index contributed by atoms with van der Waals surface area (Å²) in [6, 6.07) is 19.6. The number of Topliss-reactive ketones (excluding diaryl/α,β-unsaturated/α-hetero) is 1. The lowest BCUT2D eigenvalue weighted by Crippen LogP contribution is -2.30. The van der Waals surface area contributed by atoms with E-state index in [4.69, 9.17) is 4.74 Å². The molecule has 180 valence electrons. The van der Waals surface area contributed by atoms with Gasteiger partial charge in [0, 0.05) is 11.3 Å². The maximum Gasteiger partial charge on any atom is 0.300 e. The molecule has 0 aliphatic carbocycles. The quantitative estimate of drug-likeness (QED) is 0.185. The SMILES string of the molecule is CCCCCOc1ccc(/C(O)=C2\C(=O)C(=O)N(c3ccccc3C)C2c2ccc(O)cc2)cc1. The van der Waals surface area contributed by atoms with Gasteiger partial charge >= 0.3 is 0 Å². The number of carbonyl (C=O) groups excluding carboxylic acids is 2. The third-order valence-electron chi connectivity index (χ3n) is 6.17. The number of hydrogen-bond acceptors (Lipinski definition) is 5. The fraction of sp³-hybridized carbons (Fsp3) is 0.241. The Morgan fingerprint density at radius 2 is 1.63 bits per heavy atom. The highest BCUT2D eigenvalue weighted by molar-refractivity contribution is 6.51. The van der Waals surface area contributed by atoms with Gasteiger partial charge in [0.25, 0.3) is 11.7 Å². The van der Waals surface area contributed by atoms with Crippen LogP contribution in [0.5, 0.6) is 11.5 Å². The first-order chi connectivity index (χ1) is 16.9. The molecule has 6 nitrogen and oxygen atoms in total. The Labute approximate surface area is 205 Å². The van der Waals surface area contributed by atoms with E-state index >= 15 is 0 Å². The number of carbonyl (C=O) groups is 2. The predicted octanol–water partition coefficient (Wildman–Crippen LogP) is 5.90. The number of aliphatic hydroxyl groups is 1. The van der Waals surface area contributed by atoms with Crippen molar-refractivity contribution >= 4 is 23.1 Å². The van der Waals surface area contributed by atoms with Gasteiger partial charge in [0.15, 0.2) is 0 Å². The van der Waals surface area contributed by atoms with Crippen LogP contribution in [0.3, 0.4) is 0 Å². The molecular weight excluding hydrogens is 442 g/mol. The molecular formula is C29H29NO5. The molecule has 6 heteroatoms. The molecule has 1 saturated heterocycles. The lowest BCUT2D eigenvalue weighted by Gasteiger charge is -2.26. The minimum absolute atomic E-state index is 0.000516. The second kappa shape index (κ2) is 10.5. The largest absolute Gasteiger partial charge is 0.508 e. The molecule has 0 radical (unpaired) electrons. The molecule has 1 unspecified atom stereocenters. The molecule has 1 aliphatic rings. The third kappa shape index (κ3) is 4.92. The number of anilines is 1. The van der Waals surface area contributed by atoms with Gasteiger partial charge in [-0.25, -0.2) is 0 Å². The maximum atomic E-state index is 13.3. The highest BCUT2D eigenvalue weighted by atomic mass is 16.5. The number of amides is 1. The van der Waals surface area contributed by atoms with Gasteiger partial charge in [0.1, 0.15) is 17.3 Å². The van der Waals surface area contributed by atoms with Crippen molar-refractivity contribution in [1.29, 1.82) is 0 Å². The number of para-hydroxylation sites is 1. The van der Waals surface area contributed by atoms with Gasteiger partial charge < -0.3 is 14.9 Å². The first kappa shape index (κ1) is 24.1. The van der Waals surface area contributed by atoms with Crippen molar-refractivity contribution in [3.8, 4) is 11.5 Å². The highest BCUT2D eigenvalue weighted by Crippen LogP contribution is 2.43. The Morgan fingerprint density at radius 1 is 0.943 bits per heavy atom. The number of aromatic hydroxyl groups is 1. The lowest BCUT2D eigenvalue weighted by atomic mass is 9.95. The lowest BCUT2D eigenvalue weighted by molar-refractivity contribution is -0.132. The highest BCUT2D eigenvalue weighted by Gasteiger charge is 2.47. The topological polar surface area (TPSA) is 87.1 Å². The van der Waals surface area contributed by atoms with Crippen LogP contribution < -0.4 is 9.64 Å². The van der Waals surface area contributed by atoms with E-state index in [0.29, 0.717) is 29.2 Å². The van der Waals surface area contributed by atoms with E-state index in [-0.39, 0.29) is 17.1 Å². The maximum absolute atomic E-state index is 13.3. The summed E-state index contributed by atoms with van der Waals surface area (Å²) >= 11 is 0. The zero-order chi connectivity index (χ0) is 24.9. The number of nitrogens with zero attached hydrogens (tertiary/aromatic N) is 1. The summed E-state index contributed by atoms with van der Waals surface area (Å²) in [7, 11) is 0. The fourth-order valence-corrected chi connectivity index (χ4v) is 4.29. The Morgan fingerprint density at radius 3 is 2.29 bits per heavy atom. The molecule has 35 heavy (non-hydrogen) atoms. The van der Waals surface area contributed by atoms with Crippen LogP contribution in [0.15, 0.2) is 78.4 Å². The molecule has 0 saturated carbocycles. The monoisotopic (exact) mass is 471 g/mol. The molecule has 1 amide bonds. The summed E-state index contributed by atoms with van der Waals surface area (Å²) < 4.78 is 5.75. The van der Waals surface area contributed by atoms with Crippen LogP contribution in [0.2, 0.25) is 0 Å². The molecule has 1 heterocycles. The number of unbranched alkanes of at least 4 members (excludes halogenated alkanes) is 2. The molecule has 4 rings (SSSR count). The van der Waals surface area contributed by atoms with Crippen LogP contribution in [0, 0.1) is 6.92 Å². The van der Waals surface area contributed by atoms with Crippen molar-refractivity contribution in [3.05, 3.63) is 95.1 Å². The van der Waals surface area contributed by atoms with Gasteiger partial charge in [-0.15, -0.1) is 0 Å². The van der Waals surface area contributed by atoms with Gasteiger partial charge in [-0.05, 0) is 66.9 Å². The zero-order valence-corrected chi connectivity index (χ0v) is 19.9. The Bertz CT molecular complexity index is 1240. The summed E-state index contributed by atoms with van der Waals surface area (Å²) in [6.07, 6.45) is 3.17. The smallest absolute Gasteiger partial charge is 0.300 e. The zero-order valence-electron chi connectivity index (χ0n) is 19.9. The van der Waals surface area contributed by atoms with Gasteiger partial charge in [-0.3, -0.25) is 14.5 Å². The Kier molecular flexibility index (Phi) is 7.20. The number of ether oxygens (including phenoxy) is 1. The minimum Gasteiger partial charge on any atom is -0.508 e. The molecule has 1 atom stereocenters. The standard InChI is InChI=1S/C29H29NO5/c1-3-4-7-18-35-23-16-12-21(13-17-23)27(32)25-26(20-10-14-22(31)15-11-20)30(29(34)28(25)33)24-9-6-5-8-19(24)2/h5-6,8-17,26,31-32H,3-4,7,18H2,1-2H3/b27-25+. The van der Waals surface area contributed by atoms with Gasteiger partial charge in [-0.2, -0.15) is 0 Å². The van der Waals surface area contributed by atoms with Gasteiger partial charge in [0.05, 0.1) is 18.2 Å². The molecule has 2 N–H and O–H groups in total. The normalized spacial score (nSPS) is 17.1. The van der Waals surface area contributed by atoms with Crippen molar-refractivity contribution in [1.82, 2.24) is 0 Å². The minimum atomic E-state index is -0.846. The van der Waals surface area contributed by atoms with E-state index in [1.807, 2.05) is 19.1 Å². The first-order valence-corrected chi connectivity index (χ1v) is 11.8. The average Bonchev–Trinajstić information content (AvgIpc) is 3.13. The number of phenolic OH excluding ortho intramolecular Hbond substituents is 1. The van der Waals surface area contributed by atoms with Crippen LogP contribution in [-0.2, 0) is 9.59 Å². The van der Waals surface area contributed by atoms with E-state index in [1.165, 1.54) is 17.0 Å². The van der Waals surface area contributed by atoms with Crippen LogP contribution in [-0.4, -0.2) is 28.5 Å². The summed E-state index contributed by atoms with van der Waals surface area (Å²) in [5, 5.41) is 21.0. The molecule has 1 aliphatic heterocycles. The molecule has 1 fully saturated rings. The van der Waals surface area contributed by atoms with Crippen molar-refractivity contribution in [2.75, 3.05) is 11.5 Å². The van der Waals surface area contributed by atoms with E-state index in [9.17, 15) is 19.8 Å². The van der Waals surface area contributed by atoms with Crippen molar-refractivity contribution in [2.24, 2.45) is 0 Å². The Balaban J connectivity index is 1.76. The van der Waals surface area contributed by atoms with Crippen LogP contribution >= 0.6 is 0 Å². The van der Waals surface area contributed by atoms with Gasteiger partial charge in [0.2, 0.25) is 0 Å². The number of ketones is 1. The number of hydrogen-bond donors (Lipinski definition) is 2. The molecule has 3 aromatic rings. The van der Waals surface area contributed by atoms with Crippen molar-refractivity contribution in [2.45, 2.75) is 39.2 Å². The van der Waals surface area contributed by atoms with Crippen LogP contribution in [0.4, 0.5) is 5.69 Å². The summed E-state index contributed by atoms with van der Waals surface area (Å²) in [5.41, 5.74) is 2.42. The number of benzene rings is 3. The number of aryl methyl sites for hydroxylation is 1. The first-order valence-electron chi connectivity index (χ1n) is 11.8. The van der Waals surface area contributed by atoms with Crippen LogP contribution in [0.25, 0.3) is 5.76 Å². The molecule has 0 spiro atoms. The van der Waals surface area contributed by atoms with E-state index < -0.39 is 17.7 Å². The summed E-state index contributed by atoms with van der Waals surface area (Å²) in [6.45, 7) is 4.61. The van der Waals surface area contributed by atoms with Crippen molar-refractivity contribution < 1.29 is 24.5 Å². The number of rotatable bonds is 8. The number of phenols is 1. The fourth-order valence-electron chi connectivity index (χ4n) is 4.29. The van der Waals surface area contributed by atoms with E-state index in [2.05, 4.69) is 6.92 Å². The third-order valence-corrected chi connectivity index (χ3v) is 6.17. The predicted molar refractivity (Wildman–Crippen MR) is 136 cm³/mol. The molecule has 0 aromatic heterocycles. The summed E-state index contributed by atoms with van der Waals surface area (Å²) in [5.74, 6) is -0.988. The summed E-state index contributed by atoms with van der Waals surface area (Å²) in [4.78, 5) is 27.9. The van der Waals surface area contributed by atoms with E-state index in [1.54, 1.807) is 48.5 Å². The average molecular weight is 472 g/mol. The molecule has 0 bridgehead atoms. The molecule has 3 aromatic carbocycles. The Hall–Kier alpha value is -4.06. The number of aliphatic hydroxyl groups excluding tert-OH is 1.